The van der Waals surface area contributed by atoms with Gasteiger partial charge in [0.05, 0.1) is 19.8 Å². The van der Waals surface area contributed by atoms with Crippen molar-refractivity contribution in [3.63, 3.8) is 0 Å². The maximum absolute atomic E-state index is 11.4. The lowest BCUT2D eigenvalue weighted by Gasteiger charge is -2.17. The van der Waals surface area contributed by atoms with Gasteiger partial charge in [0.1, 0.15) is 0 Å². The van der Waals surface area contributed by atoms with Crippen molar-refractivity contribution in [2.75, 3.05) is 26.2 Å². The Labute approximate surface area is 123 Å². The SMILES string of the molecule is COC(=O)c1ccc(CN(C)c2nccc(OC)n2)cc1. The largest absolute Gasteiger partial charge is 0.481 e. The third-order valence-corrected chi connectivity index (χ3v) is 2.96. The van der Waals surface area contributed by atoms with Crippen LogP contribution in [0.3, 0.4) is 0 Å². The summed E-state index contributed by atoms with van der Waals surface area (Å²) in [5.41, 5.74) is 1.57. The number of anilines is 1. The summed E-state index contributed by atoms with van der Waals surface area (Å²) in [7, 11) is 4.82. The lowest BCUT2D eigenvalue weighted by Crippen LogP contribution is -2.19. The molecule has 1 aromatic carbocycles. The van der Waals surface area contributed by atoms with Crippen molar-refractivity contribution in [3.05, 3.63) is 47.7 Å². The smallest absolute Gasteiger partial charge is 0.337 e. The molecule has 1 aromatic heterocycles. The number of carbonyl (C=O) groups excluding carboxylic acids is 1. The fourth-order valence-corrected chi connectivity index (χ4v) is 1.84. The molecule has 2 aromatic rings. The molecule has 0 radical (unpaired) electrons. The summed E-state index contributed by atoms with van der Waals surface area (Å²) >= 11 is 0. The Bertz CT molecular complexity index is 614. The third kappa shape index (κ3) is 3.68. The van der Waals surface area contributed by atoms with Gasteiger partial charge in [0.25, 0.3) is 0 Å². The minimum Gasteiger partial charge on any atom is -0.481 e. The Kier molecular flexibility index (Phi) is 4.71. The molecule has 6 heteroatoms. The number of carbonyl (C=O) groups is 1. The zero-order chi connectivity index (χ0) is 15.2. The molecule has 6 nitrogen and oxygen atoms in total. The van der Waals surface area contributed by atoms with Crippen molar-refractivity contribution < 1.29 is 14.3 Å². The quantitative estimate of drug-likeness (QED) is 0.783. The normalized spacial score (nSPS) is 10.0. The molecular formula is C15H17N3O3. The lowest BCUT2D eigenvalue weighted by molar-refractivity contribution is 0.0600. The average molecular weight is 287 g/mol. The van der Waals surface area contributed by atoms with Crippen LogP contribution in [-0.2, 0) is 11.3 Å². The van der Waals surface area contributed by atoms with E-state index in [-0.39, 0.29) is 5.97 Å². The van der Waals surface area contributed by atoms with Gasteiger partial charge in [-0.05, 0) is 17.7 Å². The highest BCUT2D eigenvalue weighted by molar-refractivity contribution is 5.89. The highest BCUT2D eigenvalue weighted by Crippen LogP contribution is 2.14. The van der Waals surface area contributed by atoms with Crippen molar-refractivity contribution >= 4 is 11.9 Å². The van der Waals surface area contributed by atoms with Crippen molar-refractivity contribution in [2.45, 2.75) is 6.54 Å². The number of aromatic nitrogens is 2. The Morgan fingerprint density at radius 1 is 1.19 bits per heavy atom. The van der Waals surface area contributed by atoms with Gasteiger partial charge in [0.2, 0.25) is 11.8 Å². The molecule has 0 atom stereocenters. The average Bonchev–Trinajstić information content (AvgIpc) is 2.54. The summed E-state index contributed by atoms with van der Waals surface area (Å²) in [6.07, 6.45) is 1.65. The molecule has 2 rings (SSSR count). The number of esters is 1. The molecule has 0 fully saturated rings. The summed E-state index contributed by atoms with van der Waals surface area (Å²) in [5, 5.41) is 0. The molecule has 110 valence electrons. The molecule has 0 amide bonds. The van der Waals surface area contributed by atoms with E-state index in [1.807, 2.05) is 24.1 Å². The zero-order valence-electron chi connectivity index (χ0n) is 12.2. The summed E-state index contributed by atoms with van der Waals surface area (Å²) in [6.45, 7) is 0.620. The Hall–Kier alpha value is -2.63. The van der Waals surface area contributed by atoms with Gasteiger partial charge in [-0.2, -0.15) is 4.98 Å². The van der Waals surface area contributed by atoms with E-state index in [1.54, 1.807) is 31.5 Å². The van der Waals surface area contributed by atoms with Crippen LogP contribution in [0.4, 0.5) is 5.95 Å². The van der Waals surface area contributed by atoms with Gasteiger partial charge >= 0.3 is 5.97 Å². The van der Waals surface area contributed by atoms with E-state index in [1.165, 1.54) is 7.11 Å². The molecule has 0 saturated heterocycles. The van der Waals surface area contributed by atoms with Crippen LogP contribution in [0.2, 0.25) is 0 Å². The number of benzene rings is 1. The molecule has 1 heterocycles. The number of methoxy groups -OCH3 is 2. The Morgan fingerprint density at radius 2 is 1.90 bits per heavy atom. The van der Waals surface area contributed by atoms with Crippen LogP contribution in [0.25, 0.3) is 0 Å². The topological polar surface area (TPSA) is 64.5 Å². The predicted molar refractivity (Wildman–Crippen MR) is 78.5 cm³/mol. The summed E-state index contributed by atoms with van der Waals surface area (Å²) in [5.74, 6) is 0.755. The third-order valence-electron chi connectivity index (χ3n) is 2.96. The summed E-state index contributed by atoms with van der Waals surface area (Å²) in [4.78, 5) is 21.7. The molecule has 0 aliphatic rings. The van der Waals surface area contributed by atoms with Gasteiger partial charge in [-0.25, -0.2) is 9.78 Å². The van der Waals surface area contributed by atoms with Gasteiger partial charge in [-0.15, -0.1) is 0 Å². The zero-order valence-corrected chi connectivity index (χ0v) is 12.2. The first kappa shape index (κ1) is 14.8. The molecular weight excluding hydrogens is 270 g/mol. The molecule has 0 spiro atoms. The maximum Gasteiger partial charge on any atom is 0.337 e. The molecule has 0 aliphatic carbocycles. The van der Waals surface area contributed by atoms with E-state index in [0.717, 1.165) is 5.56 Å². The first-order chi connectivity index (χ1) is 10.1. The van der Waals surface area contributed by atoms with E-state index in [2.05, 4.69) is 14.7 Å². The van der Waals surface area contributed by atoms with E-state index >= 15 is 0 Å². The number of hydrogen-bond acceptors (Lipinski definition) is 6. The fourth-order valence-electron chi connectivity index (χ4n) is 1.84. The second-order valence-corrected chi connectivity index (χ2v) is 4.44. The highest BCUT2D eigenvalue weighted by atomic mass is 16.5. The van der Waals surface area contributed by atoms with Crippen molar-refractivity contribution in [3.8, 4) is 5.88 Å². The Morgan fingerprint density at radius 3 is 2.52 bits per heavy atom. The minimum atomic E-state index is -0.342. The minimum absolute atomic E-state index is 0.342. The van der Waals surface area contributed by atoms with Gasteiger partial charge < -0.3 is 14.4 Å². The van der Waals surface area contributed by atoms with Crippen LogP contribution in [0.5, 0.6) is 5.88 Å². The first-order valence-corrected chi connectivity index (χ1v) is 6.39. The molecule has 0 bridgehead atoms. The van der Waals surface area contributed by atoms with E-state index in [4.69, 9.17) is 4.74 Å². The van der Waals surface area contributed by atoms with Gasteiger partial charge in [-0.1, -0.05) is 12.1 Å². The predicted octanol–water partition coefficient (Wildman–Crippen LogP) is 1.91. The van der Waals surface area contributed by atoms with Crippen LogP contribution < -0.4 is 9.64 Å². The number of ether oxygens (including phenoxy) is 2. The van der Waals surface area contributed by atoms with Gasteiger partial charge in [-0.3, -0.25) is 0 Å². The highest BCUT2D eigenvalue weighted by Gasteiger charge is 2.08. The van der Waals surface area contributed by atoms with Gasteiger partial charge in [0.15, 0.2) is 0 Å². The molecule has 0 saturated carbocycles. The standard InChI is InChI=1S/C15H17N3O3/c1-18(15-16-9-8-13(17-15)20-2)10-11-4-6-12(7-5-11)14(19)21-3/h4-9H,10H2,1-3H3. The molecule has 0 aliphatic heterocycles. The van der Waals surface area contributed by atoms with Crippen LogP contribution in [0.1, 0.15) is 15.9 Å². The lowest BCUT2D eigenvalue weighted by atomic mass is 10.1. The van der Waals surface area contributed by atoms with E-state index in [0.29, 0.717) is 23.9 Å². The van der Waals surface area contributed by atoms with Crippen LogP contribution in [0, 0.1) is 0 Å². The van der Waals surface area contributed by atoms with Crippen LogP contribution in [0.15, 0.2) is 36.5 Å². The summed E-state index contributed by atoms with van der Waals surface area (Å²) in [6, 6.07) is 8.93. The molecule has 21 heavy (non-hydrogen) atoms. The second kappa shape index (κ2) is 6.69. The van der Waals surface area contributed by atoms with E-state index in [9.17, 15) is 4.79 Å². The van der Waals surface area contributed by atoms with Crippen LogP contribution in [-0.4, -0.2) is 37.2 Å². The molecule has 0 unspecified atom stereocenters. The number of rotatable bonds is 5. The Balaban J connectivity index is 2.08. The summed E-state index contributed by atoms with van der Waals surface area (Å²) < 4.78 is 9.75. The van der Waals surface area contributed by atoms with Crippen molar-refractivity contribution in [1.82, 2.24) is 9.97 Å². The van der Waals surface area contributed by atoms with Crippen molar-refractivity contribution in [1.29, 1.82) is 0 Å². The monoisotopic (exact) mass is 287 g/mol. The van der Waals surface area contributed by atoms with Gasteiger partial charge in [0, 0.05) is 25.9 Å². The maximum atomic E-state index is 11.4. The fraction of sp³-hybridized carbons (Fsp3) is 0.267. The number of hydrogen-bond donors (Lipinski definition) is 0. The van der Waals surface area contributed by atoms with E-state index < -0.39 is 0 Å². The number of nitrogens with zero attached hydrogens (tertiary/aromatic N) is 3. The van der Waals surface area contributed by atoms with Crippen LogP contribution >= 0.6 is 0 Å². The first-order valence-electron chi connectivity index (χ1n) is 6.39. The van der Waals surface area contributed by atoms with Crippen molar-refractivity contribution in [2.24, 2.45) is 0 Å². The molecule has 0 N–H and O–H groups in total. The second-order valence-electron chi connectivity index (χ2n) is 4.44.